The summed E-state index contributed by atoms with van der Waals surface area (Å²) in [6, 6.07) is 14.5. The van der Waals surface area contributed by atoms with Gasteiger partial charge in [-0.2, -0.15) is 0 Å². The van der Waals surface area contributed by atoms with Crippen LogP contribution in [0.25, 0.3) is 16.0 Å². The van der Waals surface area contributed by atoms with E-state index in [1.54, 1.807) is 42.5 Å². The van der Waals surface area contributed by atoms with Gasteiger partial charge in [-0.05, 0) is 48.0 Å². The number of aliphatic hydroxyl groups excluding tert-OH is 1. The topological polar surface area (TPSA) is 98.2 Å². The van der Waals surface area contributed by atoms with E-state index in [1.165, 1.54) is 44.4 Å². The number of amides is 1. The summed E-state index contributed by atoms with van der Waals surface area (Å²) in [6.07, 6.45) is 0. The van der Waals surface area contributed by atoms with Crippen molar-refractivity contribution in [3.05, 3.63) is 83.2 Å². The van der Waals surface area contributed by atoms with Gasteiger partial charge in [0.1, 0.15) is 17.3 Å². The molecule has 4 aromatic rings. The lowest BCUT2D eigenvalue weighted by Crippen LogP contribution is -2.29. The van der Waals surface area contributed by atoms with E-state index in [0.29, 0.717) is 38.6 Å². The number of aliphatic hydroxyl groups is 1. The maximum Gasteiger partial charge on any atom is 0.301 e. The molecule has 1 aliphatic rings. The molecule has 0 spiro atoms. The maximum absolute atomic E-state index is 13.8. The lowest BCUT2D eigenvalue weighted by Gasteiger charge is -2.23. The van der Waals surface area contributed by atoms with Gasteiger partial charge in [0.05, 0.1) is 43.2 Å². The molecule has 0 bridgehead atoms. The Morgan fingerprint density at radius 1 is 0.973 bits per heavy atom. The lowest BCUT2D eigenvalue weighted by molar-refractivity contribution is -0.132. The number of hydrogen-bond acceptors (Lipinski definition) is 8. The number of ether oxygens (including phenoxy) is 3. The second-order valence-corrected chi connectivity index (χ2v) is 9.13. The molecule has 0 radical (unpaired) electrons. The third kappa shape index (κ3) is 4.15. The van der Waals surface area contributed by atoms with Crippen LogP contribution in [0.5, 0.6) is 17.2 Å². The molecule has 2 heterocycles. The minimum Gasteiger partial charge on any atom is -0.507 e. The Labute approximate surface area is 215 Å². The third-order valence-corrected chi connectivity index (χ3v) is 7.07. The first-order valence-corrected chi connectivity index (χ1v) is 11.9. The molecule has 0 saturated carbocycles. The Kier molecular flexibility index (Phi) is 6.26. The number of carbonyl (C=O) groups excluding carboxylic acids is 2. The van der Waals surface area contributed by atoms with E-state index in [0.717, 1.165) is 11.3 Å². The molecular weight excluding hydrogens is 499 g/mol. The van der Waals surface area contributed by atoms with Crippen molar-refractivity contribution in [1.82, 2.24) is 4.98 Å². The van der Waals surface area contributed by atoms with Crippen LogP contribution < -0.4 is 19.1 Å². The zero-order chi connectivity index (χ0) is 26.3. The molecule has 1 atom stereocenters. The second-order valence-electron chi connectivity index (χ2n) is 8.12. The molecule has 188 valence electrons. The van der Waals surface area contributed by atoms with Crippen molar-refractivity contribution in [3.63, 3.8) is 0 Å². The highest BCUT2D eigenvalue weighted by Gasteiger charge is 2.48. The monoisotopic (exact) mass is 520 g/mol. The van der Waals surface area contributed by atoms with Crippen LogP contribution >= 0.6 is 11.3 Å². The number of benzene rings is 3. The van der Waals surface area contributed by atoms with Crippen molar-refractivity contribution in [1.29, 1.82) is 0 Å². The van der Waals surface area contributed by atoms with E-state index >= 15 is 0 Å². The van der Waals surface area contributed by atoms with Gasteiger partial charge in [-0.3, -0.25) is 14.5 Å². The molecule has 1 unspecified atom stereocenters. The van der Waals surface area contributed by atoms with Crippen molar-refractivity contribution in [2.24, 2.45) is 0 Å². The van der Waals surface area contributed by atoms with Gasteiger partial charge >= 0.3 is 5.91 Å². The van der Waals surface area contributed by atoms with Gasteiger partial charge in [-0.1, -0.05) is 29.5 Å². The summed E-state index contributed by atoms with van der Waals surface area (Å²) in [6.45, 7) is 0. The molecule has 1 aromatic heterocycles. The summed E-state index contributed by atoms with van der Waals surface area (Å²) >= 11 is 1.07. The molecule has 0 aliphatic carbocycles. The van der Waals surface area contributed by atoms with Crippen molar-refractivity contribution >= 4 is 44.1 Å². The number of fused-ring (bicyclic) bond motifs is 1. The van der Waals surface area contributed by atoms with Gasteiger partial charge in [0.25, 0.3) is 5.78 Å². The van der Waals surface area contributed by atoms with Crippen LogP contribution in [0.4, 0.5) is 9.52 Å². The Morgan fingerprint density at radius 3 is 2.49 bits per heavy atom. The predicted molar refractivity (Wildman–Crippen MR) is 137 cm³/mol. The van der Waals surface area contributed by atoms with E-state index < -0.39 is 23.5 Å². The number of halogens is 1. The Balaban J connectivity index is 1.75. The number of aromatic nitrogens is 1. The van der Waals surface area contributed by atoms with Crippen LogP contribution in [0, 0.1) is 5.82 Å². The molecule has 1 N–H and O–H groups in total. The van der Waals surface area contributed by atoms with Gasteiger partial charge < -0.3 is 19.3 Å². The molecule has 1 saturated heterocycles. The number of carbonyl (C=O) groups is 2. The number of thiazole rings is 1. The van der Waals surface area contributed by atoms with Crippen molar-refractivity contribution in [2.45, 2.75) is 6.04 Å². The minimum atomic E-state index is -1.04. The van der Waals surface area contributed by atoms with Gasteiger partial charge in [0.15, 0.2) is 16.6 Å². The van der Waals surface area contributed by atoms with Crippen molar-refractivity contribution in [3.8, 4) is 17.2 Å². The average molecular weight is 521 g/mol. The molecule has 37 heavy (non-hydrogen) atoms. The van der Waals surface area contributed by atoms with Crippen LogP contribution in [0.3, 0.4) is 0 Å². The van der Waals surface area contributed by atoms with E-state index in [9.17, 15) is 19.1 Å². The van der Waals surface area contributed by atoms with Gasteiger partial charge in [-0.25, -0.2) is 9.37 Å². The number of nitrogens with zero attached hydrogens (tertiary/aromatic N) is 2. The highest BCUT2D eigenvalue weighted by Crippen LogP contribution is 2.46. The first kappa shape index (κ1) is 24.3. The Bertz CT molecular complexity index is 1580. The van der Waals surface area contributed by atoms with Crippen LogP contribution in [0.1, 0.15) is 17.2 Å². The average Bonchev–Trinajstić information content (AvgIpc) is 3.45. The highest BCUT2D eigenvalue weighted by atomic mass is 32.1. The van der Waals surface area contributed by atoms with Gasteiger partial charge in [0.2, 0.25) is 0 Å². The fourth-order valence-corrected chi connectivity index (χ4v) is 5.30. The molecule has 8 nitrogen and oxygen atoms in total. The standard InChI is InChI=1S/C27H21FN2O6S/c1-34-17-6-4-5-15(11-17)24(31)22-23(14-7-10-19(35-2)20(12-14)36-3)30(26(33)25(22)32)27-29-18-9-8-16(28)13-21(18)37-27/h4-13,23,31H,1-3H3. The van der Waals surface area contributed by atoms with E-state index in [4.69, 9.17) is 14.2 Å². The third-order valence-electron chi connectivity index (χ3n) is 6.06. The lowest BCUT2D eigenvalue weighted by atomic mass is 9.95. The second kappa shape index (κ2) is 9.55. The summed E-state index contributed by atoms with van der Waals surface area (Å²) in [4.78, 5) is 32.5. The molecule has 5 rings (SSSR count). The number of anilines is 1. The van der Waals surface area contributed by atoms with E-state index in [1.807, 2.05) is 0 Å². The smallest absolute Gasteiger partial charge is 0.301 e. The highest BCUT2D eigenvalue weighted by molar-refractivity contribution is 7.22. The van der Waals surface area contributed by atoms with E-state index in [-0.39, 0.29) is 16.5 Å². The van der Waals surface area contributed by atoms with Crippen LogP contribution in [-0.4, -0.2) is 43.1 Å². The largest absolute Gasteiger partial charge is 0.507 e. The molecule has 1 fully saturated rings. The number of Topliss-reactive ketones (excluding diaryl/α,β-unsaturated/α-hetero) is 1. The summed E-state index contributed by atoms with van der Waals surface area (Å²) < 4.78 is 30.4. The number of methoxy groups -OCH3 is 3. The summed E-state index contributed by atoms with van der Waals surface area (Å²) in [5.41, 5.74) is 1.12. The van der Waals surface area contributed by atoms with Crippen LogP contribution in [0.2, 0.25) is 0 Å². The van der Waals surface area contributed by atoms with Gasteiger partial charge in [-0.15, -0.1) is 0 Å². The zero-order valence-corrected chi connectivity index (χ0v) is 20.8. The Morgan fingerprint density at radius 2 is 1.76 bits per heavy atom. The van der Waals surface area contributed by atoms with Crippen LogP contribution in [0.15, 0.2) is 66.2 Å². The number of hydrogen-bond donors (Lipinski definition) is 1. The van der Waals surface area contributed by atoms with E-state index in [2.05, 4.69) is 4.98 Å². The first-order valence-electron chi connectivity index (χ1n) is 11.1. The van der Waals surface area contributed by atoms with Gasteiger partial charge in [0, 0.05) is 5.56 Å². The quantitative estimate of drug-likeness (QED) is 0.215. The molecule has 3 aromatic carbocycles. The normalized spacial score (nSPS) is 16.9. The summed E-state index contributed by atoms with van der Waals surface area (Å²) in [5.74, 6) is -1.28. The maximum atomic E-state index is 13.8. The SMILES string of the molecule is COc1cccc(C(O)=C2C(=O)C(=O)N(c3nc4ccc(F)cc4s3)C2c2ccc(OC)c(OC)c2)c1. The van der Waals surface area contributed by atoms with Crippen molar-refractivity contribution in [2.75, 3.05) is 26.2 Å². The molecular formula is C27H21FN2O6S. The molecule has 10 heteroatoms. The first-order chi connectivity index (χ1) is 17.9. The minimum absolute atomic E-state index is 0.129. The predicted octanol–water partition coefficient (Wildman–Crippen LogP) is 5.09. The number of ketones is 1. The zero-order valence-electron chi connectivity index (χ0n) is 20.0. The fourth-order valence-electron chi connectivity index (χ4n) is 4.28. The molecule has 1 aliphatic heterocycles. The summed E-state index contributed by atoms with van der Waals surface area (Å²) in [7, 11) is 4.45. The molecule has 1 amide bonds. The summed E-state index contributed by atoms with van der Waals surface area (Å²) in [5, 5.41) is 11.5. The van der Waals surface area contributed by atoms with Crippen molar-refractivity contribution < 1.29 is 33.3 Å². The Hall–Kier alpha value is -4.44. The van der Waals surface area contributed by atoms with Crippen LogP contribution in [-0.2, 0) is 9.59 Å². The fraction of sp³-hybridized carbons (Fsp3) is 0.148. The number of rotatable bonds is 6.